The van der Waals surface area contributed by atoms with Gasteiger partial charge in [0.25, 0.3) is 0 Å². The average molecular weight is 1060 g/mol. The molecule has 0 nitrogen and oxygen atoms in total. The zero-order chi connectivity index (χ0) is 51.1. The minimum absolute atomic E-state index is 0.0776. The molecular formula is C66H138P4. The Hall–Kier alpha value is 1.72. The normalized spacial score (nSPS) is 12.3. The summed E-state index contributed by atoms with van der Waals surface area (Å²) >= 11 is 0. The van der Waals surface area contributed by atoms with Crippen LogP contribution < -0.4 is 0 Å². The van der Waals surface area contributed by atoms with Crippen molar-refractivity contribution in [3.63, 3.8) is 0 Å². The lowest BCUT2D eigenvalue weighted by Gasteiger charge is -2.48. The van der Waals surface area contributed by atoms with Crippen molar-refractivity contribution in [2.24, 2.45) is 0 Å². The van der Waals surface area contributed by atoms with E-state index in [0.717, 1.165) is 10.8 Å². The summed E-state index contributed by atoms with van der Waals surface area (Å²) in [4.78, 5) is 0. The highest BCUT2D eigenvalue weighted by molar-refractivity contribution is 7.83. The average Bonchev–Trinajstić information content (AvgIpc) is 3.37. The van der Waals surface area contributed by atoms with E-state index in [2.05, 4.69) is 55.4 Å². The first-order valence-corrected chi connectivity index (χ1v) is 40.7. The van der Waals surface area contributed by atoms with E-state index in [4.69, 9.17) is 0 Å². The van der Waals surface area contributed by atoms with Gasteiger partial charge < -0.3 is 0 Å². The lowest BCUT2D eigenvalue weighted by Crippen LogP contribution is -2.28. The van der Waals surface area contributed by atoms with Gasteiger partial charge in [-0.2, -0.15) is 0 Å². The summed E-state index contributed by atoms with van der Waals surface area (Å²) in [5.74, 6) is 0. The topological polar surface area (TPSA) is 0 Å². The molecule has 0 aromatic carbocycles. The van der Waals surface area contributed by atoms with Gasteiger partial charge >= 0.3 is 0 Å². The van der Waals surface area contributed by atoms with Gasteiger partial charge in [-0.25, -0.2) is 0 Å². The van der Waals surface area contributed by atoms with Crippen LogP contribution in [0.25, 0.3) is 0 Å². The highest BCUT2D eigenvalue weighted by Gasteiger charge is 2.41. The standard InChI is InChI=1S/C66H138P4/c1-9-17-25-33-41-49-57-67(58-50-42-34-26-18-10-2)65(68(59-51-43-35-27-19-11-3)60-52-44-36-28-20-12-4)66(69(61-53-45-37-29-21-13-5)62-54-46-38-30-22-14-6)70(63-55-47-39-31-23-15-7)64-56-48-40-32-24-16-8/h65-66H,9-64H2,1-8H3. The molecule has 0 heterocycles. The second-order valence-electron chi connectivity index (χ2n) is 23.1. The molecule has 0 unspecified atom stereocenters. The van der Waals surface area contributed by atoms with Crippen molar-refractivity contribution in [3.05, 3.63) is 0 Å². The van der Waals surface area contributed by atoms with E-state index < -0.39 is 0 Å². The van der Waals surface area contributed by atoms with Gasteiger partial charge in [-0.15, -0.1) is 0 Å². The quantitative estimate of drug-likeness (QED) is 0.0421. The monoisotopic (exact) mass is 1050 g/mol. The molecule has 70 heavy (non-hydrogen) atoms. The maximum Gasteiger partial charge on any atom is 0.0101 e. The van der Waals surface area contributed by atoms with Crippen molar-refractivity contribution in [3.8, 4) is 0 Å². The van der Waals surface area contributed by atoms with Gasteiger partial charge in [-0.3, -0.25) is 0 Å². The van der Waals surface area contributed by atoms with Crippen LogP contribution in [0.5, 0.6) is 0 Å². The molecule has 0 atom stereocenters. The van der Waals surface area contributed by atoms with Gasteiger partial charge in [0, 0.05) is 10.8 Å². The lowest BCUT2D eigenvalue weighted by atomic mass is 10.1. The summed E-state index contributed by atoms with van der Waals surface area (Å²) in [6.45, 7) is 19.4. The van der Waals surface area contributed by atoms with Crippen LogP contribution >= 0.6 is 31.7 Å². The summed E-state index contributed by atoms with van der Waals surface area (Å²) in [7, 11) is 0.310. The molecule has 0 rings (SSSR count). The van der Waals surface area contributed by atoms with E-state index in [0.29, 0.717) is 0 Å². The molecule has 0 aliphatic carbocycles. The van der Waals surface area contributed by atoms with Crippen LogP contribution in [-0.4, -0.2) is 60.1 Å². The van der Waals surface area contributed by atoms with Crippen LogP contribution in [0.1, 0.15) is 364 Å². The van der Waals surface area contributed by atoms with Crippen LogP contribution in [0.2, 0.25) is 0 Å². The van der Waals surface area contributed by atoms with Crippen molar-refractivity contribution in [2.45, 2.75) is 374 Å². The predicted molar refractivity (Wildman–Crippen MR) is 341 cm³/mol. The summed E-state index contributed by atoms with van der Waals surface area (Å²) in [6, 6.07) is 0. The van der Waals surface area contributed by atoms with Gasteiger partial charge in [-0.1, -0.05) is 344 Å². The summed E-state index contributed by atoms with van der Waals surface area (Å²) in [5, 5.41) is 2.31. The fourth-order valence-electron chi connectivity index (χ4n) is 11.5. The second kappa shape index (κ2) is 60.0. The third kappa shape index (κ3) is 44.8. The fraction of sp³-hybridized carbons (Fsp3) is 1.00. The molecule has 422 valence electrons. The molecule has 0 aliphatic heterocycles. The molecule has 4 heteroatoms. The first-order chi connectivity index (χ1) is 34.6. The smallest absolute Gasteiger partial charge is 0.0101 e. The molecule has 0 bridgehead atoms. The van der Waals surface area contributed by atoms with E-state index in [1.165, 1.54) is 257 Å². The number of hydrogen-bond acceptors (Lipinski definition) is 0. The van der Waals surface area contributed by atoms with E-state index >= 15 is 0 Å². The number of rotatable bonds is 61. The van der Waals surface area contributed by atoms with Gasteiger partial charge in [0.05, 0.1) is 0 Å². The molecule has 0 aromatic rings. The highest BCUT2D eigenvalue weighted by Crippen LogP contribution is 2.74. The van der Waals surface area contributed by atoms with Crippen LogP contribution in [-0.2, 0) is 0 Å². The molecule has 0 saturated heterocycles. The Labute approximate surface area is 452 Å². The van der Waals surface area contributed by atoms with Crippen molar-refractivity contribution < 1.29 is 0 Å². The third-order valence-corrected chi connectivity index (χ3v) is 32.3. The van der Waals surface area contributed by atoms with Gasteiger partial charge in [0.1, 0.15) is 0 Å². The maximum atomic E-state index is 2.42. The van der Waals surface area contributed by atoms with E-state index in [1.54, 1.807) is 101 Å². The van der Waals surface area contributed by atoms with E-state index in [-0.39, 0.29) is 31.7 Å². The molecule has 0 spiro atoms. The maximum absolute atomic E-state index is 2.42. The molecule has 0 aromatic heterocycles. The second-order valence-corrected chi connectivity index (χ2v) is 34.4. The SMILES string of the molecule is CCCCCCCCP(CCCCCCCC)C(C(P(CCCCCCCC)CCCCCCCC)P(CCCCCCCC)CCCCCCCC)P(CCCCCCCC)CCCCCCCC. The Morgan fingerprint density at radius 1 is 0.143 bits per heavy atom. The Morgan fingerprint density at radius 3 is 0.357 bits per heavy atom. The van der Waals surface area contributed by atoms with Crippen molar-refractivity contribution in [2.75, 3.05) is 49.3 Å². The zero-order valence-electron chi connectivity index (χ0n) is 50.5. The van der Waals surface area contributed by atoms with Crippen LogP contribution in [0.3, 0.4) is 0 Å². The van der Waals surface area contributed by atoms with Crippen LogP contribution in [0.15, 0.2) is 0 Å². The first-order valence-electron chi connectivity index (χ1n) is 33.6. The van der Waals surface area contributed by atoms with Crippen molar-refractivity contribution in [1.29, 1.82) is 0 Å². The fourth-order valence-corrected chi connectivity index (χ4v) is 32.0. The Balaban J connectivity index is 7.87. The lowest BCUT2D eigenvalue weighted by molar-refractivity contribution is 0.619. The minimum atomic E-state index is 0.0776. The molecule has 0 aliphatic rings. The van der Waals surface area contributed by atoms with Gasteiger partial charge in [-0.05, 0) is 101 Å². The van der Waals surface area contributed by atoms with Crippen LogP contribution in [0.4, 0.5) is 0 Å². The summed E-state index contributed by atoms with van der Waals surface area (Å²) in [5.41, 5.74) is 0. The van der Waals surface area contributed by atoms with Gasteiger partial charge in [0.2, 0.25) is 0 Å². The Morgan fingerprint density at radius 2 is 0.243 bits per heavy atom. The highest BCUT2D eigenvalue weighted by atomic mass is 31.2. The van der Waals surface area contributed by atoms with Crippen LogP contribution in [0, 0.1) is 0 Å². The molecule has 0 N–H and O–H groups in total. The first kappa shape index (κ1) is 71.7. The van der Waals surface area contributed by atoms with Crippen molar-refractivity contribution in [1.82, 2.24) is 0 Å². The summed E-state index contributed by atoms with van der Waals surface area (Å²) < 4.78 is 0. The third-order valence-electron chi connectivity index (χ3n) is 16.2. The predicted octanol–water partition coefficient (Wildman–Crippen LogP) is 26.5. The molecule has 0 fully saturated rings. The Kier molecular flexibility index (Phi) is 61.4. The van der Waals surface area contributed by atoms with Crippen molar-refractivity contribution >= 4 is 31.7 Å². The minimum Gasteiger partial charge on any atom is -0.0981 e. The summed E-state index contributed by atoms with van der Waals surface area (Å²) in [6.07, 6.45) is 85.0. The number of hydrogen-bond donors (Lipinski definition) is 0. The van der Waals surface area contributed by atoms with E-state index in [1.807, 2.05) is 0 Å². The molecule has 0 saturated carbocycles. The molecule has 0 amide bonds. The zero-order valence-corrected chi connectivity index (χ0v) is 54.1. The van der Waals surface area contributed by atoms with E-state index in [9.17, 15) is 0 Å². The number of unbranched alkanes of at least 4 members (excludes halogenated alkanes) is 40. The van der Waals surface area contributed by atoms with Gasteiger partial charge in [0.15, 0.2) is 0 Å². The molecule has 0 radical (unpaired) electrons. The largest absolute Gasteiger partial charge is 0.0981 e. The molecular weight excluding hydrogens is 917 g/mol. The Bertz CT molecular complexity index is 731.